The molecule has 0 unspecified atom stereocenters. The van der Waals surface area contributed by atoms with E-state index in [2.05, 4.69) is 40.4 Å². The second kappa shape index (κ2) is 9.57. The van der Waals surface area contributed by atoms with Crippen LogP contribution < -0.4 is 5.32 Å². The fourth-order valence-electron chi connectivity index (χ4n) is 2.30. The Morgan fingerprint density at radius 1 is 1.19 bits per heavy atom. The third-order valence-corrected chi connectivity index (χ3v) is 5.74. The summed E-state index contributed by atoms with van der Waals surface area (Å²) in [7, 11) is 0. The van der Waals surface area contributed by atoms with Crippen LogP contribution in [0.4, 0.5) is 5.69 Å². The highest BCUT2D eigenvalue weighted by molar-refractivity contribution is 7.99. The Balaban J connectivity index is 1.47. The lowest BCUT2D eigenvalue weighted by atomic mass is 10.3. The maximum absolute atomic E-state index is 12.2. The van der Waals surface area contributed by atoms with Gasteiger partial charge in [-0.2, -0.15) is 0 Å². The molecule has 8 heteroatoms. The van der Waals surface area contributed by atoms with Crippen molar-refractivity contribution in [2.45, 2.75) is 35.7 Å². The van der Waals surface area contributed by atoms with Gasteiger partial charge in [0.25, 0.3) is 0 Å². The summed E-state index contributed by atoms with van der Waals surface area (Å²) in [6, 6.07) is 12.1. The molecule has 0 spiro atoms. The lowest BCUT2D eigenvalue weighted by Gasteiger charge is -2.09. The summed E-state index contributed by atoms with van der Waals surface area (Å²) in [5.41, 5.74) is 1.97. The third kappa shape index (κ3) is 5.83. The summed E-state index contributed by atoms with van der Waals surface area (Å²) in [5.74, 6) is 1.10. The van der Waals surface area contributed by atoms with Gasteiger partial charge >= 0.3 is 0 Å². The van der Waals surface area contributed by atoms with Gasteiger partial charge in [-0.05, 0) is 49.7 Å². The summed E-state index contributed by atoms with van der Waals surface area (Å²) < 4.78 is 1.95. The second-order valence-corrected chi connectivity index (χ2v) is 8.12. The van der Waals surface area contributed by atoms with Gasteiger partial charge in [0.1, 0.15) is 6.33 Å². The Kier molecular flexibility index (Phi) is 6.89. The molecule has 0 saturated carbocycles. The highest BCUT2D eigenvalue weighted by Crippen LogP contribution is 2.24. The van der Waals surface area contributed by atoms with Crippen molar-refractivity contribution < 1.29 is 4.79 Å². The van der Waals surface area contributed by atoms with E-state index in [-0.39, 0.29) is 11.9 Å². The molecule has 0 aliphatic carbocycles. The van der Waals surface area contributed by atoms with Crippen LogP contribution >= 0.6 is 23.5 Å². The molecule has 0 bridgehead atoms. The first-order chi connectivity index (χ1) is 13.1. The van der Waals surface area contributed by atoms with E-state index < -0.39 is 0 Å². The van der Waals surface area contributed by atoms with Crippen LogP contribution in [-0.2, 0) is 10.5 Å². The molecule has 6 nitrogen and oxygen atoms in total. The third-order valence-electron chi connectivity index (χ3n) is 3.70. The molecule has 0 aliphatic heterocycles. The van der Waals surface area contributed by atoms with Crippen LogP contribution in [0.5, 0.6) is 0 Å². The van der Waals surface area contributed by atoms with Crippen molar-refractivity contribution in [2.75, 3.05) is 11.1 Å². The van der Waals surface area contributed by atoms with E-state index in [9.17, 15) is 4.79 Å². The summed E-state index contributed by atoms with van der Waals surface area (Å²) >= 11 is 3.12. The molecule has 2 heterocycles. The number of nitrogens with one attached hydrogen (secondary N) is 1. The average molecular weight is 400 g/mol. The van der Waals surface area contributed by atoms with Crippen molar-refractivity contribution in [1.29, 1.82) is 0 Å². The molecule has 0 saturated heterocycles. The first kappa shape index (κ1) is 19.4. The number of carbonyl (C=O) groups is 1. The standard InChI is InChI=1S/C19H21N5OS2/c1-14(2)24-13-21-23-19(24)27-12-18(25)22-16-5-7-17(8-6-16)26-11-15-4-3-9-20-10-15/h3-10,13-14H,11-12H2,1-2H3,(H,22,25). The molecular weight excluding hydrogens is 378 g/mol. The van der Waals surface area contributed by atoms with E-state index in [1.807, 2.05) is 41.1 Å². The molecule has 1 amide bonds. The molecule has 0 atom stereocenters. The van der Waals surface area contributed by atoms with E-state index in [1.54, 1.807) is 24.3 Å². The molecule has 1 aromatic carbocycles. The highest BCUT2D eigenvalue weighted by Gasteiger charge is 2.11. The van der Waals surface area contributed by atoms with E-state index in [4.69, 9.17) is 0 Å². The number of carbonyl (C=O) groups excluding carboxylic acids is 1. The van der Waals surface area contributed by atoms with E-state index in [0.29, 0.717) is 5.75 Å². The van der Waals surface area contributed by atoms with Crippen molar-refractivity contribution in [2.24, 2.45) is 0 Å². The van der Waals surface area contributed by atoms with Crippen LogP contribution in [0.3, 0.4) is 0 Å². The van der Waals surface area contributed by atoms with Gasteiger partial charge < -0.3 is 9.88 Å². The van der Waals surface area contributed by atoms with Gasteiger partial charge in [-0.1, -0.05) is 17.8 Å². The van der Waals surface area contributed by atoms with Gasteiger partial charge in [-0.3, -0.25) is 9.78 Å². The van der Waals surface area contributed by atoms with Crippen LogP contribution in [0, 0.1) is 0 Å². The Labute approximate surface area is 167 Å². The zero-order valence-corrected chi connectivity index (χ0v) is 16.8. The van der Waals surface area contributed by atoms with Gasteiger partial charge in [0.05, 0.1) is 5.75 Å². The zero-order chi connectivity index (χ0) is 19.1. The zero-order valence-electron chi connectivity index (χ0n) is 15.2. The maximum Gasteiger partial charge on any atom is 0.234 e. The number of hydrogen-bond donors (Lipinski definition) is 1. The SMILES string of the molecule is CC(C)n1cnnc1SCC(=O)Nc1ccc(SCc2cccnc2)cc1. The van der Waals surface area contributed by atoms with Crippen molar-refractivity contribution in [3.8, 4) is 0 Å². The Morgan fingerprint density at radius 2 is 2.00 bits per heavy atom. The van der Waals surface area contributed by atoms with Gasteiger partial charge in [0.2, 0.25) is 5.91 Å². The molecule has 0 fully saturated rings. The van der Waals surface area contributed by atoms with Crippen molar-refractivity contribution in [3.05, 3.63) is 60.7 Å². The van der Waals surface area contributed by atoms with Gasteiger partial charge in [-0.25, -0.2) is 0 Å². The monoisotopic (exact) mass is 399 g/mol. The van der Waals surface area contributed by atoms with E-state index in [1.165, 1.54) is 17.3 Å². The first-order valence-corrected chi connectivity index (χ1v) is 10.5. The number of rotatable bonds is 8. The van der Waals surface area contributed by atoms with Crippen molar-refractivity contribution in [3.63, 3.8) is 0 Å². The fourth-order valence-corrected chi connectivity index (χ4v) is 3.98. The number of aromatic nitrogens is 4. The van der Waals surface area contributed by atoms with Crippen LogP contribution in [0.15, 0.2) is 65.2 Å². The summed E-state index contributed by atoms with van der Waals surface area (Å²) in [4.78, 5) is 17.5. The lowest BCUT2D eigenvalue weighted by Crippen LogP contribution is -2.14. The summed E-state index contributed by atoms with van der Waals surface area (Å²) in [6.07, 6.45) is 5.34. The van der Waals surface area contributed by atoms with Crippen LogP contribution in [0.25, 0.3) is 0 Å². The van der Waals surface area contributed by atoms with Gasteiger partial charge in [0.15, 0.2) is 5.16 Å². The first-order valence-electron chi connectivity index (χ1n) is 8.56. The molecule has 0 radical (unpaired) electrons. The minimum absolute atomic E-state index is 0.0610. The topological polar surface area (TPSA) is 72.7 Å². The number of nitrogens with zero attached hydrogens (tertiary/aromatic N) is 4. The largest absolute Gasteiger partial charge is 0.325 e. The Morgan fingerprint density at radius 3 is 2.70 bits per heavy atom. The lowest BCUT2D eigenvalue weighted by molar-refractivity contribution is -0.113. The van der Waals surface area contributed by atoms with Crippen molar-refractivity contribution >= 4 is 35.1 Å². The Bertz CT molecular complexity index is 865. The smallest absolute Gasteiger partial charge is 0.234 e. The number of hydrogen-bond acceptors (Lipinski definition) is 6. The van der Waals surface area contributed by atoms with Gasteiger partial charge in [-0.15, -0.1) is 22.0 Å². The van der Waals surface area contributed by atoms with E-state index in [0.717, 1.165) is 21.5 Å². The van der Waals surface area contributed by atoms with Crippen LogP contribution in [-0.4, -0.2) is 31.4 Å². The maximum atomic E-state index is 12.2. The van der Waals surface area contributed by atoms with Crippen molar-refractivity contribution in [1.82, 2.24) is 19.7 Å². The molecule has 0 aliphatic rings. The summed E-state index contributed by atoms with van der Waals surface area (Å²) in [6.45, 7) is 4.11. The molecule has 1 N–H and O–H groups in total. The highest BCUT2D eigenvalue weighted by atomic mass is 32.2. The number of anilines is 1. The molecule has 140 valence electrons. The average Bonchev–Trinajstić information content (AvgIpc) is 3.16. The fraction of sp³-hybridized carbons (Fsp3) is 0.263. The quantitative estimate of drug-likeness (QED) is 0.570. The van der Waals surface area contributed by atoms with Crippen LogP contribution in [0.1, 0.15) is 25.5 Å². The minimum Gasteiger partial charge on any atom is -0.325 e. The molecule has 27 heavy (non-hydrogen) atoms. The Hall–Kier alpha value is -2.32. The molecular formula is C19H21N5OS2. The number of pyridine rings is 1. The molecule has 2 aromatic heterocycles. The molecule has 3 aromatic rings. The molecule has 3 rings (SSSR count). The predicted molar refractivity (Wildman–Crippen MR) is 110 cm³/mol. The van der Waals surface area contributed by atoms with Gasteiger partial charge in [0, 0.05) is 34.8 Å². The number of amides is 1. The van der Waals surface area contributed by atoms with Crippen LogP contribution in [0.2, 0.25) is 0 Å². The van der Waals surface area contributed by atoms with E-state index >= 15 is 0 Å². The number of thioether (sulfide) groups is 2. The summed E-state index contributed by atoms with van der Waals surface area (Å²) in [5, 5.41) is 11.6. The minimum atomic E-state index is -0.0610. The normalized spacial score (nSPS) is 10.9. The number of benzene rings is 1. The second-order valence-electron chi connectivity index (χ2n) is 6.13. The predicted octanol–water partition coefficient (Wildman–Crippen LogP) is 4.28.